The quantitative estimate of drug-likeness (QED) is 0.670. The first kappa shape index (κ1) is 16.2. The first-order chi connectivity index (χ1) is 10.2. The number of halogens is 1. The lowest BCUT2D eigenvalue weighted by molar-refractivity contribution is -0.140. The molecular formula is C16H19FNO4+. The number of nitrogens with zero attached hydrogens (tertiary/aromatic N) is 1. The zero-order chi connectivity index (χ0) is 16.7. The summed E-state index contributed by atoms with van der Waals surface area (Å²) in [5.74, 6) is -1.26. The van der Waals surface area contributed by atoms with Crippen LogP contribution in [0.3, 0.4) is 0 Å². The second kappa shape index (κ2) is 5.21. The number of carbonyl (C=O) groups excluding carboxylic acids is 1. The molecule has 1 aliphatic rings. The number of carbonyl (C=O) groups is 2. The summed E-state index contributed by atoms with van der Waals surface area (Å²) in [4.78, 5) is 24.5. The van der Waals surface area contributed by atoms with Crippen molar-refractivity contribution >= 4 is 23.8 Å². The van der Waals surface area contributed by atoms with Gasteiger partial charge in [0.25, 0.3) is 0 Å². The maximum atomic E-state index is 13.7. The lowest BCUT2D eigenvalue weighted by atomic mass is 9.99. The van der Waals surface area contributed by atoms with Gasteiger partial charge in [-0.1, -0.05) is 0 Å². The molecule has 1 heterocycles. The fourth-order valence-corrected chi connectivity index (χ4v) is 2.92. The monoisotopic (exact) mass is 308 g/mol. The molecule has 0 bridgehead atoms. The molecule has 1 aliphatic heterocycles. The zero-order valence-electron chi connectivity index (χ0n) is 13.0. The summed E-state index contributed by atoms with van der Waals surface area (Å²) in [6.45, 7) is 6.84. The van der Waals surface area contributed by atoms with Crippen molar-refractivity contribution in [3.63, 3.8) is 0 Å². The maximum absolute atomic E-state index is 13.7. The number of hydrogen-bond acceptors (Lipinski definition) is 3. The minimum absolute atomic E-state index is 0.0255. The van der Waals surface area contributed by atoms with E-state index < -0.39 is 27.9 Å². The van der Waals surface area contributed by atoms with Crippen molar-refractivity contribution < 1.29 is 23.8 Å². The van der Waals surface area contributed by atoms with Crippen LogP contribution in [-0.4, -0.2) is 29.3 Å². The molecule has 1 aromatic carbocycles. The largest absolute Gasteiger partial charge is 0.524 e. The average molecular weight is 308 g/mol. The van der Waals surface area contributed by atoms with E-state index in [4.69, 9.17) is 4.74 Å². The Morgan fingerprint density at radius 2 is 1.95 bits per heavy atom. The third-order valence-electron chi connectivity index (χ3n) is 3.79. The fourth-order valence-electron chi connectivity index (χ4n) is 2.92. The Morgan fingerprint density at radius 1 is 1.32 bits per heavy atom. The van der Waals surface area contributed by atoms with Gasteiger partial charge in [-0.2, -0.15) is 4.79 Å². The van der Waals surface area contributed by atoms with Crippen LogP contribution in [0, 0.1) is 5.82 Å². The van der Waals surface area contributed by atoms with Crippen molar-refractivity contribution in [3.05, 3.63) is 35.3 Å². The fraction of sp³-hybridized carbons (Fsp3) is 0.375. The molecule has 1 amide bonds. The van der Waals surface area contributed by atoms with Gasteiger partial charge in [-0.25, -0.2) is 9.18 Å². The van der Waals surface area contributed by atoms with Crippen molar-refractivity contribution in [3.8, 4) is 0 Å². The molecule has 118 valence electrons. The SMILES string of the molecule is CCOC(=O)C1=Cc2ccc(F)cc2[N+]1(C(=O)O)C(C)(C)C. The highest BCUT2D eigenvalue weighted by molar-refractivity contribution is 6.08. The van der Waals surface area contributed by atoms with E-state index in [9.17, 15) is 19.1 Å². The molecule has 1 N–H and O–H groups in total. The number of rotatable bonds is 2. The third kappa shape index (κ3) is 2.11. The van der Waals surface area contributed by atoms with Crippen LogP contribution in [0.5, 0.6) is 0 Å². The molecule has 22 heavy (non-hydrogen) atoms. The minimum Gasteiger partial charge on any atom is -0.458 e. The van der Waals surface area contributed by atoms with Crippen LogP contribution in [0.25, 0.3) is 6.08 Å². The first-order valence-corrected chi connectivity index (χ1v) is 6.98. The van der Waals surface area contributed by atoms with E-state index in [1.807, 2.05) is 0 Å². The number of fused-ring (bicyclic) bond motifs is 1. The minimum atomic E-state index is -1.25. The summed E-state index contributed by atoms with van der Waals surface area (Å²) in [5, 5.41) is 9.93. The highest BCUT2D eigenvalue weighted by Crippen LogP contribution is 2.47. The van der Waals surface area contributed by atoms with Gasteiger partial charge in [-0.15, -0.1) is 4.48 Å². The maximum Gasteiger partial charge on any atom is 0.524 e. The predicted molar refractivity (Wildman–Crippen MR) is 80.6 cm³/mol. The molecule has 6 heteroatoms. The zero-order valence-corrected chi connectivity index (χ0v) is 13.0. The highest BCUT2D eigenvalue weighted by Gasteiger charge is 2.60. The van der Waals surface area contributed by atoms with Gasteiger partial charge in [0.15, 0.2) is 5.69 Å². The highest BCUT2D eigenvalue weighted by atomic mass is 19.1. The summed E-state index contributed by atoms with van der Waals surface area (Å²) in [6.07, 6.45) is 0.211. The van der Waals surface area contributed by atoms with E-state index >= 15 is 0 Å². The van der Waals surface area contributed by atoms with Crippen molar-refractivity contribution in [2.75, 3.05) is 6.61 Å². The number of amides is 1. The predicted octanol–water partition coefficient (Wildman–Crippen LogP) is 3.53. The number of benzene rings is 1. The Kier molecular flexibility index (Phi) is 3.83. The molecule has 1 aromatic rings. The molecule has 2 rings (SSSR count). The van der Waals surface area contributed by atoms with Gasteiger partial charge in [0, 0.05) is 17.7 Å². The molecule has 0 saturated heterocycles. The number of carboxylic acid groups (broad SMARTS) is 1. The Morgan fingerprint density at radius 3 is 2.45 bits per heavy atom. The molecule has 0 aliphatic carbocycles. The molecule has 1 unspecified atom stereocenters. The lowest BCUT2D eigenvalue weighted by Gasteiger charge is -2.40. The van der Waals surface area contributed by atoms with Crippen LogP contribution in [0.15, 0.2) is 23.9 Å². The van der Waals surface area contributed by atoms with Gasteiger partial charge >= 0.3 is 12.1 Å². The topological polar surface area (TPSA) is 63.6 Å². The van der Waals surface area contributed by atoms with Crippen LogP contribution < -0.4 is 4.48 Å². The number of ether oxygens (including phenoxy) is 1. The summed E-state index contributed by atoms with van der Waals surface area (Å²) < 4.78 is 17.9. The van der Waals surface area contributed by atoms with E-state index in [-0.39, 0.29) is 18.0 Å². The van der Waals surface area contributed by atoms with E-state index in [0.717, 1.165) is 6.07 Å². The van der Waals surface area contributed by atoms with E-state index in [0.29, 0.717) is 5.56 Å². The van der Waals surface area contributed by atoms with Gasteiger partial charge in [0.2, 0.25) is 5.70 Å². The summed E-state index contributed by atoms with van der Waals surface area (Å²) >= 11 is 0. The molecule has 1 atom stereocenters. The van der Waals surface area contributed by atoms with E-state index in [1.165, 1.54) is 18.2 Å². The van der Waals surface area contributed by atoms with E-state index in [2.05, 4.69) is 0 Å². The smallest absolute Gasteiger partial charge is 0.458 e. The summed E-state index contributed by atoms with van der Waals surface area (Å²) in [6, 6.07) is 3.87. The second-order valence-electron chi connectivity index (χ2n) is 6.08. The first-order valence-electron chi connectivity index (χ1n) is 6.98. The Balaban J connectivity index is 2.80. The second-order valence-corrected chi connectivity index (χ2v) is 6.08. The average Bonchev–Trinajstić information content (AvgIpc) is 2.73. The number of hydrogen-bond donors (Lipinski definition) is 1. The Bertz CT molecular complexity index is 675. The molecule has 5 nitrogen and oxygen atoms in total. The molecular weight excluding hydrogens is 289 g/mol. The number of esters is 1. The van der Waals surface area contributed by atoms with Gasteiger partial charge in [0.05, 0.1) is 6.61 Å². The number of quaternary nitrogens is 1. The van der Waals surface area contributed by atoms with Crippen LogP contribution in [-0.2, 0) is 9.53 Å². The van der Waals surface area contributed by atoms with Crippen LogP contribution >= 0.6 is 0 Å². The van der Waals surface area contributed by atoms with Gasteiger partial charge in [0.1, 0.15) is 11.4 Å². The Labute approximate surface area is 128 Å². The molecule has 0 fully saturated rings. The van der Waals surface area contributed by atoms with Gasteiger partial charge in [-0.05, 0) is 39.8 Å². The third-order valence-corrected chi connectivity index (χ3v) is 3.79. The van der Waals surface area contributed by atoms with Gasteiger partial charge < -0.3 is 9.84 Å². The molecule has 0 spiro atoms. The van der Waals surface area contributed by atoms with E-state index in [1.54, 1.807) is 27.7 Å². The van der Waals surface area contributed by atoms with Crippen molar-refractivity contribution in [2.24, 2.45) is 0 Å². The lowest BCUT2D eigenvalue weighted by Crippen LogP contribution is -2.64. The van der Waals surface area contributed by atoms with Crippen molar-refractivity contribution in [1.29, 1.82) is 0 Å². The van der Waals surface area contributed by atoms with Crippen molar-refractivity contribution in [2.45, 2.75) is 33.2 Å². The molecule has 0 aromatic heterocycles. The van der Waals surface area contributed by atoms with Gasteiger partial charge in [-0.3, -0.25) is 0 Å². The molecule has 0 radical (unpaired) electrons. The van der Waals surface area contributed by atoms with Crippen LogP contribution in [0.4, 0.5) is 14.9 Å². The normalized spacial score (nSPS) is 20.3. The summed E-state index contributed by atoms with van der Waals surface area (Å²) in [7, 11) is 0. The van der Waals surface area contributed by atoms with Crippen LogP contribution in [0.2, 0.25) is 0 Å². The van der Waals surface area contributed by atoms with Crippen LogP contribution in [0.1, 0.15) is 33.3 Å². The Hall–Kier alpha value is -2.21. The standard InChI is InChI=1S/C16H18FNO4/c1-5-22-14(19)13-8-10-6-7-11(17)9-12(10)18(13,15(20)21)16(2,3)4/h6-9H,5H2,1-4H3/p+1. The molecule has 0 saturated carbocycles. The van der Waals surface area contributed by atoms with Crippen molar-refractivity contribution in [1.82, 2.24) is 4.48 Å². The summed E-state index contributed by atoms with van der Waals surface area (Å²) in [5.41, 5.74) is -0.212.